The summed E-state index contributed by atoms with van der Waals surface area (Å²) in [6.45, 7) is 5.24. The molecule has 0 bridgehead atoms. The van der Waals surface area contributed by atoms with Gasteiger partial charge in [-0.1, -0.05) is 20.3 Å². The fraction of sp³-hybridized carbons (Fsp3) is 0.500. The van der Waals surface area contributed by atoms with Crippen LogP contribution in [-0.4, -0.2) is 21.2 Å². The summed E-state index contributed by atoms with van der Waals surface area (Å²) >= 11 is 0. The van der Waals surface area contributed by atoms with Crippen molar-refractivity contribution in [2.24, 2.45) is 5.92 Å². The van der Waals surface area contributed by atoms with E-state index in [4.69, 9.17) is 0 Å². The first kappa shape index (κ1) is 13.0. The third-order valence-corrected chi connectivity index (χ3v) is 3.76. The van der Waals surface area contributed by atoms with Gasteiger partial charge in [-0.05, 0) is 30.2 Å². The Morgan fingerprint density at radius 1 is 1.25 bits per heavy atom. The van der Waals surface area contributed by atoms with E-state index in [1.54, 1.807) is 24.3 Å². The molecule has 0 aliphatic rings. The molecule has 1 N–H and O–H groups in total. The molecule has 4 heteroatoms. The molecule has 16 heavy (non-hydrogen) atoms. The standard InChI is InChI=1S/C12H19NO2S/c1-4-10(2)9-13-11-5-7-12(8-6-11)16(3,14)15/h5-8,10,13H,4,9H2,1-3H3. The van der Waals surface area contributed by atoms with E-state index in [1.165, 1.54) is 6.26 Å². The molecule has 1 aromatic carbocycles. The van der Waals surface area contributed by atoms with Crippen molar-refractivity contribution in [1.82, 2.24) is 0 Å². The first-order valence-electron chi connectivity index (χ1n) is 5.47. The predicted molar refractivity (Wildman–Crippen MR) is 67.5 cm³/mol. The number of hydrogen-bond acceptors (Lipinski definition) is 3. The summed E-state index contributed by atoms with van der Waals surface area (Å²) in [7, 11) is -3.08. The van der Waals surface area contributed by atoms with Crippen LogP contribution in [-0.2, 0) is 9.84 Å². The Bertz CT molecular complexity index is 423. The third kappa shape index (κ3) is 3.85. The van der Waals surface area contributed by atoms with Crippen molar-refractivity contribution < 1.29 is 8.42 Å². The van der Waals surface area contributed by atoms with E-state index in [1.807, 2.05) is 0 Å². The second-order valence-electron chi connectivity index (χ2n) is 4.19. The number of anilines is 1. The summed E-state index contributed by atoms with van der Waals surface area (Å²) in [5, 5.41) is 3.28. The van der Waals surface area contributed by atoms with Gasteiger partial charge in [-0.15, -0.1) is 0 Å². The number of benzene rings is 1. The van der Waals surface area contributed by atoms with Gasteiger partial charge in [0.15, 0.2) is 9.84 Å². The van der Waals surface area contributed by atoms with Gasteiger partial charge in [0.1, 0.15) is 0 Å². The highest BCUT2D eigenvalue weighted by Crippen LogP contribution is 2.14. The summed E-state index contributed by atoms with van der Waals surface area (Å²) in [5.74, 6) is 0.620. The Kier molecular flexibility index (Phi) is 4.35. The highest BCUT2D eigenvalue weighted by atomic mass is 32.2. The van der Waals surface area contributed by atoms with Gasteiger partial charge in [-0.3, -0.25) is 0 Å². The van der Waals surface area contributed by atoms with Crippen LogP contribution < -0.4 is 5.32 Å². The number of hydrogen-bond donors (Lipinski definition) is 1. The number of nitrogens with one attached hydrogen (secondary N) is 1. The molecule has 1 aromatic rings. The van der Waals surface area contributed by atoms with Crippen molar-refractivity contribution in [2.45, 2.75) is 25.2 Å². The minimum atomic E-state index is -3.08. The number of sulfone groups is 1. The van der Waals surface area contributed by atoms with Crippen LogP contribution >= 0.6 is 0 Å². The molecule has 0 amide bonds. The summed E-state index contributed by atoms with van der Waals surface area (Å²) in [4.78, 5) is 0.363. The second-order valence-corrected chi connectivity index (χ2v) is 6.21. The molecule has 1 atom stereocenters. The molecular weight excluding hydrogens is 222 g/mol. The van der Waals surface area contributed by atoms with E-state index in [-0.39, 0.29) is 0 Å². The van der Waals surface area contributed by atoms with Gasteiger partial charge in [0.05, 0.1) is 4.90 Å². The lowest BCUT2D eigenvalue weighted by atomic mass is 10.1. The van der Waals surface area contributed by atoms with Gasteiger partial charge >= 0.3 is 0 Å². The molecule has 0 aliphatic carbocycles. The Hall–Kier alpha value is -1.03. The number of rotatable bonds is 5. The van der Waals surface area contributed by atoms with Gasteiger partial charge in [0.2, 0.25) is 0 Å². The Morgan fingerprint density at radius 3 is 2.25 bits per heavy atom. The summed E-state index contributed by atoms with van der Waals surface area (Å²) in [5.41, 5.74) is 0.965. The van der Waals surface area contributed by atoms with Crippen molar-refractivity contribution in [2.75, 3.05) is 18.1 Å². The smallest absolute Gasteiger partial charge is 0.175 e. The zero-order valence-corrected chi connectivity index (χ0v) is 10.8. The summed E-state index contributed by atoms with van der Waals surface area (Å²) in [6.07, 6.45) is 2.35. The molecule has 0 saturated heterocycles. The Balaban J connectivity index is 2.66. The van der Waals surface area contributed by atoms with Crippen molar-refractivity contribution in [3.05, 3.63) is 24.3 Å². The maximum Gasteiger partial charge on any atom is 0.175 e. The van der Waals surface area contributed by atoms with E-state index in [2.05, 4.69) is 19.2 Å². The summed E-state index contributed by atoms with van der Waals surface area (Å²) < 4.78 is 22.5. The average Bonchev–Trinajstić information content (AvgIpc) is 2.25. The van der Waals surface area contributed by atoms with Gasteiger partial charge in [0.25, 0.3) is 0 Å². The van der Waals surface area contributed by atoms with Crippen molar-refractivity contribution >= 4 is 15.5 Å². The predicted octanol–water partition coefficient (Wildman–Crippen LogP) is 2.55. The SMILES string of the molecule is CCC(C)CNc1ccc(S(C)(=O)=O)cc1. The molecule has 0 aromatic heterocycles. The van der Waals surface area contributed by atoms with Gasteiger partial charge < -0.3 is 5.32 Å². The first-order chi connectivity index (χ1) is 7.43. The lowest BCUT2D eigenvalue weighted by molar-refractivity contribution is 0.593. The zero-order valence-electron chi connectivity index (χ0n) is 10.0. The highest BCUT2D eigenvalue weighted by Gasteiger charge is 2.06. The molecule has 1 rings (SSSR count). The minimum absolute atomic E-state index is 0.363. The van der Waals surface area contributed by atoms with E-state index in [0.717, 1.165) is 18.7 Å². The lowest BCUT2D eigenvalue weighted by Crippen LogP contribution is -2.10. The van der Waals surface area contributed by atoms with Crippen molar-refractivity contribution in [3.63, 3.8) is 0 Å². The molecule has 0 saturated carbocycles. The quantitative estimate of drug-likeness (QED) is 0.861. The van der Waals surface area contributed by atoms with Gasteiger partial charge in [0, 0.05) is 18.5 Å². The van der Waals surface area contributed by atoms with E-state index < -0.39 is 9.84 Å². The minimum Gasteiger partial charge on any atom is -0.385 e. The van der Waals surface area contributed by atoms with Crippen LogP contribution in [0.15, 0.2) is 29.2 Å². The van der Waals surface area contributed by atoms with Crippen LogP contribution in [0.3, 0.4) is 0 Å². The average molecular weight is 241 g/mol. The normalized spacial score (nSPS) is 13.4. The van der Waals surface area contributed by atoms with Crippen LogP contribution in [0.2, 0.25) is 0 Å². The van der Waals surface area contributed by atoms with E-state index in [9.17, 15) is 8.42 Å². The lowest BCUT2D eigenvalue weighted by Gasteiger charge is -2.11. The van der Waals surface area contributed by atoms with Crippen LogP contribution in [0.1, 0.15) is 20.3 Å². The van der Waals surface area contributed by atoms with Crippen LogP contribution in [0.25, 0.3) is 0 Å². The van der Waals surface area contributed by atoms with E-state index >= 15 is 0 Å². The summed E-state index contributed by atoms with van der Waals surface area (Å²) in [6, 6.07) is 6.88. The maximum atomic E-state index is 11.2. The first-order valence-corrected chi connectivity index (χ1v) is 7.36. The molecule has 0 spiro atoms. The van der Waals surface area contributed by atoms with Gasteiger partial charge in [-0.2, -0.15) is 0 Å². The second kappa shape index (κ2) is 5.34. The van der Waals surface area contributed by atoms with Crippen molar-refractivity contribution in [1.29, 1.82) is 0 Å². The molecule has 0 aliphatic heterocycles. The monoisotopic (exact) mass is 241 g/mol. The van der Waals surface area contributed by atoms with Crippen molar-refractivity contribution in [3.8, 4) is 0 Å². The largest absolute Gasteiger partial charge is 0.385 e. The van der Waals surface area contributed by atoms with E-state index in [0.29, 0.717) is 10.8 Å². The molecule has 90 valence electrons. The van der Waals surface area contributed by atoms with Crippen LogP contribution in [0.4, 0.5) is 5.69 Å². The zero-order chi connectivity index (χ0) is 12.2. The topological polar surface area (TPSA) is 46.2 Å². The highest BCUT2D eigenvalue weighted by molar-refractivity contribution is 7.90. The molecule has 1 unspecified atom stereocenters. The maximum absolute atomic E-state index is 11.2. The Morgan fingerprint density at radius 2 is 1.81 bits per heavy atom. The molecular formula is C12H19NO2S. The third-order valence-electron chi connectivity index (χ3n) is 2.63. The van der Waals surface area contributed by atoms with Crippen LogP contribution in [0.5, 0.6) is 0 Å². The fourth-order valence-electron chi connectivity index (χ4n) is 1.26. The Labute approximate surface area is 97.8 Å². The molecule has 0 fully saturated rings. The molecule has 0 radical (unpaired) electrons. The molecule has 0 heterocycles. The van der Waals surface area contributed by atoms with Gasteiger partial charge in [-0.25, -0.2) is 8.42 Å². The van der Waals surface area contributed by atoms with Crippen LogP contribution in [0, 0.1) is 5.92 Å². The molecule has 3 nitrogen and oxygen atoms in total. The fourth-order valence-corrected chi connectivity index (χ4v) is 1.89.